The molecule has 4 aromatic heterocycles. The summed E-state index contributed by atoms with van der Waals surface area (Å²) in [6.07, 6.45) is 2.20. The number of nitrogens with zero attached hydrogens (tertiary/aromatic N) is 6. The molecule has 0 aliphatic heterocycles. The van der Waals surface area contributed by atoms with Crippen LogP contribution in [-0.4, -0.2) is 41.4 Å². The van der Waals surface area contributed by atoms with Crippen molar-refractivity contribution in [1.29, 1.82) is 0 Å². The van der Waals surface area contributed by atoms with Gasteiger partial charge in [0, 0.05) is 37.3 Å². The van der Waals surface area contributed by atoms with Gasteiger partial charge in [0.05, 0.1) is 33.7 Å². The fraction of sp³-hybridized carbons (Fsp3) is 0.227. The van der Waals surface area contributed by atoms with Crippen molar-refractivity contribution in [3.63, 3.8) is 0 Å². The van der Waals surface area contributed by atoms with E-state index in [9.17, 15) is 22.8 Å². The second-order valence-corrected chi connectivity index (χ2v) is 9.25. The van der Waals surface area contributed by atoms with E-state index in [1.165, 1.54) is 12.5 Å². The van der Waals surface area contributed by atoms with E-state index >= 15 is 0 Å². The van der Waals surface area contributed by atoms with Crippen LogP contribution >= 0.6 is 22.9 Å². The standard InChI is InChI=1S/C22H17ClF3N7O2S/c1-11(3-17(34)16-5-15(29-10-30-16)12-6-31-33(2)9-12)21-28-8-18(36-21)20(35)32-19-4-13(22(24,25)26)14(23)7-27-19/h4-11H,3H2,1-2H3,(H,27,32,35)/t11-/m0/s1. The number of rotatable bonds is 7. The molecule has 0 aliphatic carbocycles. The Morgan fingerprint density at radius 3 is 2.61 bits per heavy atom. The van der Waals surface area contributed by atoms with Crippen LogP contribution in [-0.2, 0) is 13.2 Å². The molecule has 0 spiro atoms. The molecule has 0 saturated carbocycles. The van der Waals surface area contributed by atoms with Crippen LogP contribution in [0.5, 0.6) is 0 Å². The van der Waals surface area contributed by atoms with E-state index in [0.29, 0.717) is 16.8 Å². The number of pyridine rings is 1. The molecule has 1 amide bonds. The number of nitrogens with one attached hydrogen (secondary N) is 1. The van der Waals surface area contributed by atoms with Gasteiger partial charge in [0.25, 0.3) is 5.91 Å². The summed E-state index contributed by atoms with van der Waals surface area (Å²) in [7, 11) is 1.77. The maximum absolute atomic E-state index is 13.0. The molecule has 14 heteroatoms. The smallest absolute Gasteiger partial charge is 0.306 e. The van der Waals surface area contributed by atoms with Crippen LogP contribution in [0.2, 0.25) is 5.02 Å². The van der Waals surface area contributed by atoms with Crippen molar-refractivity contribution in [2.24, 2.45) is 7.05 Å². The molecule has 1 atom stereocenters. The predicted octanol–water partition coefficient (Wildman–Crippen LogP) is 5.03. The third kappa shape index (κ3) is 5.74. The highest BCUT2D eigenvalue weighted by atomic mass is 35.5. The number of halogens is 4. The second-order valence-electron chi connectivity index (χ2n) is 7.78. The summed E-state index contributed by atoms with van der Waals surface area (Å²) >= 11 is 6.58. The molecular formula is C22H17ClF3N7O2S. The molecule has 4 rings (SSSR count). The van der Waals surface area contributed by atoms with E-state index in [1.54, 1.807) is 37.1 Å². The minimum atomic E-state index is -4.69. The zero-order chi connectivity index (χ0) is 26.0. The average molecular weight is 536 g/mol. The summed E-state index contributed by atoms with van der Waals surface area (Å²) in [6, 6.07) is 2.24. The minimum Gasteiger partial charge on any atom is -0.306 e. The van der Waals surface area contributed by atoms with Crippen molar-refractivity contribution in [3.05, 3.63) is 69.4 Å². The van der Waals surface area contributed by atoms with Crippen LogP contribution in [0.25, 0.3) is 11.3 Å². The van der Waals surface area contributed by atoms with E-state index in [0.717, 1.165) is 23.1 Å². The summed E-state index contributed by atoms with van der Waals surface area (Å²) in [5, 5.41) is 6.34. The summed E-state index contributed by atoms with van der Waals surface area (Å²) in [5.74, 6) is -1.56. The first-order valence-corrected chi connectivity index (χ1v) is 11.5. The van der Waals surface area contributed by atoms with Gasteiger partial charge in [0.15, 0.2) is 5.78 Å². The monoisotopic (exact) mass is 535 g/mol. The van der Waals surface area contributed by atoms with E-state index in [2.05, 4.69) is 30.4 Å². The predicted molar refractivity (Wildman–Crippen MR) is 126 cm³/mol. The number of thiazole rings is 1. The average Bonchev–Trinajstić information content (AvgIpc) is 3.49. The van der Waals surface area contributed by atoms with E-state index in [-0.39, 0.29) is 34.5 Å². The number of carbonyl (C=O) groups excluding carboxylic acids is 2. The fourth-order valence-electron chi connectivity index (χ4n) is 3.21. The number of anilines is 1. The highest BCUT2D eigenvalue weighted by molar-refractivity contribution is 7.13. The van der Waals surface area contributed by atoms with Crippen molar-refractivity contribution < 1.29 is 22.8 Å². The van der Waals surface area contributed by atoms with Gasteiger partial charge in [-0.3, -0.25) is 14.3 Å². The third-order valence-corrected chi connectivity index (χ3v) is 6.55. The summed E-state index contributed by atoms with van der Waals surface area (Å²) in [6.45, 7) is 1.78. The van der Waals surface area contributed by atoms with Gasteiger partial charge in [-0.15, -0.1) is 11.3 Å². The molecule has 0 fully saturated rings. The first kappa shape index (κ1) is 25.4. The van der Waals surface area contributed by atoms with Crippen molar-refractivity contribution >= 4 is 40.4 Å². The molecule has 36 heavy (non-hydrogen) atoms. The van der Waals surface area contributed by atoms with Gasteiger partial charge < -0.3 is 5.32 Å². The second kappa shape index (κ2) is 10.1. The van der Waals surface area contributed by atoms with Crippen molar-refractivity contribution in [3.8, 4) is 11.3 Å². The SMILES string of the molecule is C[C@@H](CC(=O)c1cc(-c2cnn(C)c2)ncn1)c1ncc(C(=O)Nc2cc(C(F)(F)F)c(Cl)cn2)s1. The Kier molecular flexibility index (Phi) is 7.13. The lowest BCUT2D eigenvalue weighted by Gasteiger charge is -2.10. The largest absolute Gasteiger partial charge is 0.418 e. The van der Waals surface area contributed by atoms with Crippen LogP contribution in [0.4, 0.5) is 19.0 Å². The first-order chi connectivity index (χ1) is 17.0. The van der Waals surface area contributed by atoms with Gasteiger partial charge in [0.1, 0.15) is 22.7 Å². The first-order valence-electron chi connectivity index (χ1n) is 10.4. The number of alkyl halides is 3. The maximum Gasteiger partial charge on any atom is 0.418 e. The molecule has 0 radical (unpaired) electrons. The Morgan fingerprint density at radius 2 is 1.92 bits per heavy atom. The topological polar surface area (TPSA) is 116 Å². The summed E-state index contributed by atoms with van der Waals surface area (Å²) < 4.78 is 40.8. The highest BCUT2D eigenvalue weighted by Gasteiger charge is 2.34. The number of aryl methyl sites for hydroxylation is 1. The minimum absolute atomic E-state index is 0.0751. The van der Waals surface area contributed by atoms with Crippen molar-refractivity contribution in [1.82, 2.24) is 29.7 Å². The third-order valence-electron chi connectivity index (χ3n) is 5.02. The van der Waals surface area contributed by atoms with E-state index in [1.807, 2.05) is 0 Å². The van der Waals surface area contributed by atoms with E-state index in [4.69, 9.17) is 11.6 Å². The molecule has 9 nitrogen and oxygen atoms in total. The zero-order valence-electron chi connectivity index (χ0n) is 18.7. The lowest BCUT2D eigenvalue weighted by molar-refractivity contribution is -0.137. The Bertz CT molecular complexity index is 1440. The molecule has 0 saturated heterocycles. The van der Waals surface area contributed by atoms with Gasteiger partial charge in [-0.2, -0.15) is 18.3 Å². The number of ketones is 1. The van der Waals surface area contributed by atoms with E-state index < -0.39 is 22.7 Å². The van der Waals surface area contributed by atoms with Crippen LogP contribution in [0.1, 0.15) is 50.0 Å². The molecule has 4 heterocycles. The maximum atomic E-state index is 13.0. The number of amides is 1. The Morgan fingerprint density at radius 1 is 1.14 bits per heavy atom. The highest BCUT2D eigenvalue weighted by Crippen LogP contribution is 2.35. The number of aromatic nitrogens is 6. The lowest BCUT2D eigenvalue weighted by Crippen LogP contribution is -2.13. The molecular weight excluding hydrogens is 519 g/mol. The molecule has 0 unspecified atom stereocenters. The fourth-order valence-corrected chi connectivity index (χ4v) is 4.29. The molecule has 4 aromatic rings. The Balaban J connectivity index is 1.43. The number of carbonyl (C=O) groups is 2. The summed E-state index contributed by atoms with van der Waals surface area (Å²) in [4.78, 5) is 41.7. The molecule has 0 aliphatic rings. The van der Waals surface area contributed by atoms with Crippen LogP contribution < -0.4 is 5.32 Å². The van der Waals surface area contributed by atoms with Crippen LogP contribution in [0, 0.1) is 0 Å². The van der Waals surface area contributed by atoms with Crippen molar-refractivity contribution in [2.45, 2.75) is 25.4 Å². The molecule has 0 aromatic carbocycles. The molecule has 186 valence electrons. The Hall–Kier alpha value is -3.71. The van der Waals surface area contributed by atoms with Crippen molar-refractivity contribution in [2.75, 3.05) is 5.32 Å². The molecule has 0 bridgehead atoms. The number of hydrogen-bond donors (Lipinski definition) is 1. The number of hydrogen-bond acceptors (Lipinski definition) is 8. The number of Topliss-reactive ketones (excluding diaryl/α,β-unsaturated/α-hetero) is 1. The normalized spacial score (nSPS) is 12.4. The van der Waals surface area contributed by atoms with Gasteiger partial charge in [-0.25, -0.2) is 19.9 Å². The zero-order valence-corrected chi connectivity index (χ0v) is 20.3. The molecule has 1 N–H and O–H groups in total. The van der Waals surface area contributed by atoms with Gasteiger partial charge in [-0.05, 0) is 12.1 Å². The van der Waals surface area contributed by atoms with Crippen LogP contribution in [0.3, 0.4) is 0 Å². The van der Waals surface area contributed by atoms with Gasteiger partial charge in [0.2, 0.25) is 0 Å². The Labute approximate surface area is 211 Å². The quantitative estimate of drug-likeness (QED) is 0.330. The summed E-state index contributed by atoms with van der Waals surface area (Å²) in [5.41, 5.74) is 0.435. The lowest BCUT2D eigenvalue weighted by atomic mass is 10.0. The van der Waals surface area contributed by atoms with Gasteiger partial charge >= 0.3 is 6.18 Å². The van der Waals surface area contributed by atoms with Crippen LogP contribution in [0.15, 0.2) is 43.2 Å². The van der Waals surface area contributed by atoms with Gasteiger partial charge in [-0.1, -0.05) is 18.5 Å².